The predicted molar refractivity (Wildman–Crippen MR) is 72.4 cm³/mol. The quantitative estimate of drug-likeness (QED) is 0.448. The number of nitro groups is 1. The highest BCUT2D eigenvalue weighted by Gasteiger charge is 2.16. The van der Waals surface area contributed by atoms with Gasteiger partial charge < -0.3 is 9.64 Å². The van der Waals surface area contributed by atoms with Crippen LogP contribution in [0.3, 0.4) is 0 Å². The van der Waals surface area contributed by atoms with Crippen LogP contribution in [-0.2, 0) is 9.53 Å². The lowest BCUT2D eigenvalue weighted by molar-refractivity contribution is -0.385. The molecule has 0 N–H and O–H groups in total. The van der Waals surface area contributed by atoms with Crippen molar-refractivity contribution in [3.63, 3.8) is 0 Å². The summed E-state index contributed by atoms with van der Waals surface area (Å²) in [5.41, 5.74) is 1.43. The van der Waals surface area contributed by atoms with Crippen molar-refractivity contribution in [1.82, 2.24) is 0 Å². The van der Waals surface area contributed by atoms with Crippen LogP contribution in [0.4, 0.5) is 11.4 Å². The standard InChI is InChI=1S/C13H18N2O4/c1-4-19-13(16)8-9-14(3)11-6-5-7-12(10(11)2)15(17)18/h5-7H,4,8-9H2,1-3H3. The van der Waals surface area contributed by atoms with Crippen molar-refractivity contribution in [2.75, 3.05) is 25.1 Å². The first-order valence-electron chi connectivity index (χ1n) is 6.08. The fraction of sp³-hybridized carbons (Fsp3) is 0.462. The van der Waals surface area contributed by atoms with Crippen molar-refractivity contribution in [1.29, 1.82) is 0 Å². The zero-order chi connectivity index (χ0) is 14.4. The molecule has 0 spiro atoms. The minimum Gasteiger partial charge on any atom is -0.466 e. The zero-order valence-electron chi connectivity index (χ0n) is 11.4. The van der Waals surface area contributed by atoms with E-state index in [1.54, 1.807) is 33.0 Å². The number of nitrogens with zero attached hydrogens (tertiary/aromatic N) is 2. The van der Waals surface area contributed by atoms with Gasteiger partial charge in [-0.05, 0) is 19.9 Å². The Bertz CT molecular complexity index is 474. The van der Waals surface area contributed by atoms with Gasteiger partial charge >= 0.3 is 5.97 Å². The first kappa shape index (κ1) is 14.9. The summed E-state index contributed by atoms with van der Waals surface area (Å²) >= 11 is 0. The number of carbonyl (C=O) groups excluding carboxylic acids is 1. The summed E-state index contributed by atoms with van der Waals surface area (Å²) in [7, 11) is 1.80. The van der Waals surface area contributed by atoms with Crippen molar-refractivity contribution in [3.8, 4) is 0 Å². The summed E-state index contributed by atoms with van der Waals surface area (Å²) < 4.78 is 4.85. The van der Waals surface area contributed by atoms with E-state index >= 15 is 0 Å². The van der Waals surface area contributed by atoms with Crippen LogP contribution in [0.2, 0.25) is 0 Å². The smallest absolute Gasteiger partial charge is 0.307 e. The summed E-state index contributed by atoms with van der Waals surface area (Å²) in [6.07, 6.45) is 0.256. The van der Waals surface area contributed by atoms with Gasteiger partial charge in [0.2, 0.25) is 0 Å². The number of benzene rings is 1. The van der Waals surface area contributed by atoms with Gasteiger partial charge in [-0.2, -0.15) is 0 Å². The van der Waals surface area contributed by atoms with E-state index < -0.39 is 4.92 Å². The second-order valence-corrected chi connectivity index (χ2v) is 4.15. The third-order valence-electron chi connectivity index (χ3n) is 2.84. The molecule has 0 fully saturated rings. The Labute approximate surface area is 112 Å². The second kappa shape index (κ2) is 6.72. The lowest BCUT2D eigenvalue weighted by atomic mass is 10.1. The molecule has 19 heavy (non-hydrogen) atoms. The number of anilines is 1. The van der Waals surface area contributed by atoms with Crippen LogP contribution in [0.1, 0.15) is 18.9 Å². The number of esters is 1. The molecule has 6 heteroatoms. The summed E-state index contributed by atoms with van der Waals surface area (Å²) in [6, 6.07) is 4.91. The molecule has 0 aliphatic heterocycles. The summed E-state index contributed by atoms with van der Waals surface area (Å²) in [5.74, 6) is -0.266. The molecule has 0 radical (unpaired) electrons. The van der Waals surface area contributed by atoms with Crippen LogP contribution in [0.15, 0.2) is 18.2 Å². The van der Waals surface area contributed by atoms with Gasteiger partial charge in [0.25, 0.3) is 5.69 Å². The highest BCUT2D eigenvalue weighted by Crippen LogP contribution is 2.27. The van der Waals surface area contributed by atoms with Crippen LogP contribution >= 0.6 is 0 Å². The molecule has 0 amide bonds. The predicted octanol–water partition coefficient (Wildman–Crippen LogP) is 2.29. The number of hydrogen-bond donors (Lipinski definition) is 0. The number of nitro benzene ring substituents is 1. The molecule has 104 valence electrons. The van der Waals surface area contributed by atoms with Crippen molar-refractivity contribution in [2.45, 2.75) is 20.3 Å². The maximum Gasteiger partial charge on any atom is 0.307 e. The zero-order valence-corrected chi connectivity index (χ0v) is 11.4. The van der Waals surface area contributed by atoms with E-state index in [2.05, 4.69) is 0 Å². The Morgan fingerprint density at radius 2 is 2.16 bits per heavy atom. The third kappa shape index (κ3) is 3.94. The summed E-state index contributed by atoms with van der Waals surface area (Å²) in [6.45, 7) is 4.28. The molecular weight excluding hydrogens is 248 g/mol. The molecule has 0 heterocycles. The first-order chi connectivity index (χ1) is 8.97. The minimum absolute atomic E-state index is 0.0838. The van der Waals surface area contributed by atoms with Crippen molar-refractivity contribution in [2.24, 2.45) is 0 Å². The number of carbonyl (C=O) groups is 1. The van der Waals surface area contributed by atoms with Crippen LogP contribution < -0.4 is 4.90 Å². The van der Waals surface area contributed by atoms with Crippen LogP contribution in [0.25, 0.3) is 0 Å². The van der Waals surface area contributed by atoms with E-state index in [1.165, 1.54) is 6.07 Å². The molecule has 0 saturated heterocycles. The van der Waals surface area contributed by atoms with Gasteiger partial charge in [-0.1, -0.05) is 6.07 Å². The highest BCUT2D eigenvalue weighted by molar-refractivity contribution is 5.70. The lowest BCUT2D eigenvalue weighted by Crippen LogP contribution is -2.22. The third-order valence-corrected chi connectivity index (χ3v) is 2.84. The Morgan fingerprint density at radius 3 is 2.74 bits per heavy atom. The second-order valence-electron chi connectivity index (χ2n) is 4.15. The SMILES string of the molecule is CCOC(=O)CCN(C)c1cccc([N+](=O)[O-])c1C. The number of hydrogen-bond acceptors (Lipinski definition) is 5. The molecule has 1 aromatic carbocycles. The summed E-state index contributed by atoms with van der Waals surface area (Å²) in [4.78, 5) is 23.6. The van der Waals surface area contributed by atoms with Gasteiger partial charge in [-0.3, -0.25) is 14.9 Å². The highest BCUT2D eigenvalue weighted by atomic mass is 16.6. The van der Waals surface area contributed by atoms with Crippen LogP contribution in [-0.4, -0.2) is 31.1 Å². The van der Waals surface area contributed by atoms with E-state index in [1.807, 2.05) is 4.90 Å². The van der Waals surface area contributed by atoms with E-state index in [0.29, 0.717) is 18.7 Å². The molecular formula is C13H18N2O4. The molecule has 0 atom stereocenters. The van der Waals surface area contributed by atoms with Crippen LogP contribution in [0, 0.1) is 17.0 Å². The largest absolute Gasteiger partial charge is 0.466 e. The Hall–Kier alpha value is -2.11. The van der Waals surface area contributed by atoms with Gasteiger partial charge in [-0.15, -0.1) is 0 Å². The molecule has 6 nitrogen and oxygen atoms in total. The van der Waals surface area contributed by atoms with Gasteiger partial charge in [0, 0.05) is 30.9 Å². The van der Waals surface area contributed by atoms with E-state index in [4.69, 9.17) is 4.74 Å². The van der Waals surface area contributed by atoms with Gasteiger partial charge in [0.05, 0.1) is 18.0 Å². The monoisotopic (exact) mass is 266 g/mol. The van der Waals surface area contributed by atoms with Crippen molar-refractivity contribution in [3.05, 3.63) is 33.9 Å². The van der Waals surface area contributed by atoms with Gasteiger partial charge in [0.1, 0.15) is 0 Å². The average molecular weight is 266 g/mol. The van der Waals surface area contributed by atoms with Gasteiger partial charge in [0.15, 0.2) is 0 Å². The molecule has 0 aromatic heterocycles. The Kier molecular flexibility index (Phi) is 5.29. The fourth-order valence-electron chi connectivity index (χ4n) is 1.84. The minimum atomic E-state index is -0.405. The topological polar surface area (TPSA) is 72.7 Å². The normalized spacial score (nSPS) is 10.1. The summed E-state index contributed by atoms with van der Waals surface area (Å²) in [5, 5.41) is 10.9. The van der Waals surface area contributed by atoms with Crippen LogP contribution in [0.5, 0.6) is 0 Å². The van der Waals surface area contributed by atoms with Crippen molar-refractivity contribution >= 4 is 17.3 Å². The fourth-order valence-corrected chi connectivity index (χ4v) is 1.84. The lowest BCUT2D eigenvalue weighted by Gasteiger charge is -2.20. The maximum absolute atomic E-state index is 11.3. The van der Waals surface area contributed by atoms with Gasteiger partial charge in [-0.25, -0.2) is 0 Å². The average Bonchev–Trinajstić information content (AvgIpc) is 2.36. The first-order valence-corrected chi connectivity index (χ1v) is 6.08. The molecule has 0 unspecified atom stereocenters. The molecule has 0 aliphatic rings. The molecule has 1 aromatic rings. The Morgan fingerprint density at radius 1 is 1.47 bits per heavy atom. The van der Waals surface area contributed by atoms with Crippen molar-refractivity contribution < 1.29 is 14.5 Å². The van der Waals surface area contributed by atoms with E-state index in [-0.39, 0.29) is 18.1 Å². The number of rotatable bonds is 6. The molecule has 1 rings (SSSR count). The molecule has 0 aliphatic carbocycles. The Balaban J connectivity index is 2.77. The maximum atomic E-state index is 11.3. The molecule has 0 saturated carbocycles. The van der Waals surface area contributed by atoms with E-state index in [9.17, 15) is 14.9 Å². The van der Waals surface area contributed by atoms with E-state index in [0.717, 1.165) is 5.69 Å². The number of ether oxygens (including phenoxy) is 1. The molecule has 0 bridgehead atoms.